The summed E-state index contributed by atoms with van der Waals surface area (Å²) in [6.07, 6.45) is 15.8. The summed E-state index contributed by atoms with van der Waals surface area (Å²) >= 11 is 0. The third-order valence-electron chi connectivity index (χ3n) is 8.31. The first-order chi connectivity index (χ1) is 11.4. The van der Waals surface area contributed by atoms with Crippen molar-refractivity contribution in [3.8, 4) is 0 Å². The van der Waals surface area contributed by atoms with Crippen molar-refractivity contribution in [2.75, 3.05) is 0 Å². The van der Waals surface area contributed by atoms with Crippen LogP contribution < -0.4 is 0 Å². The molecule has 0 spiro atoms. The summed E-state index contributed by atoms with van der Waals surface area (Å²) in [5.41, 5.74) is 0.546. The highest BCUT2D eigenvalue weighted by atomic mass is 16.3. The van der Waals surface area contributed by atoms with Crippen LogP contribution in [0.4, 0.5) is 0 Å². The van der Waals surface area contributed by atoms with Crippen LogP contribution in [0, 0.1) is 29.6 Å². The standard InChI is InChI=1S/C22H36O2/c1-21(23)12-10-16(14-20-19(21)11-13-22(20,2)24)18-9-5-7-15-6-3-4-8-17(15)18/h9,15-17,19-20,23-24H,3-8,10-14H2,1-2H3/t15-,16-,17-,19-,20-,21+,22-/m0/s1. The second-order valence-corrected chi connectivity index (χ2v) is 9.87. The van der Waals surface area contributed by atoms with Gasteiger partial charge in [0.25, 0.3) is 0 Å². The van der Waals surface area contributed by atoms with Crippen molar-refractivity contribution in [1.82, 2.24) is 0 Å². The van der Waals surface area contributed by atoms with Gasteiger partial charge in [0.15, 0.2) is 0 Å². The maximum absolute atomic E-state index is 11.1. The van der Waals surface area contributed by atoms with Gasteiger partial charge < -0.3 is 10.2 Å². The van der Waals surface area contributed by atoms with Gasteiger partial charge >= 0.3 is 0 Å². The van der Waals surface area contributed by atoms with Crippen molar-refractivity contribution in [2.24, 2.45) is 29.6 Å². The number of hydrogen-bond acceptors (Lipinski definition) is 2. The third kappa shape index (κ3) is 2.88. The lowest BCUT2D eigenvalue weighted by molar-refractivity contribution is -0.0540. The van der Waals surface area contributed by atoms with Crippen molar-refractivity contribution in [3.05, 3.63) is 11.6 Å². The van der Waals surface area contributed by atoms with Gasteiger partial charge in [-0.25, -0.2) is 0 Å². The molecule has 3 fully saturated rings. The van der Waals surface area contributed by atoms with Gasteiger partial charge in [-0.2, -0.15) is 0 Å². The molecule has 3 saturated carbocycles. The van der Waals surface area contributed by atoms with E-state index in [1.54, 1.807) is 5.57 Å². The zero-order valence-corrected chi connectivity index (χ0v) is 15.6. The van der Waals surface area contributed by atoms with Crippen LogP contribution in [-0.2, 0) is 0 Å². The van der Waals surface area contributed by atoms with E-state index in [1.165, 1.54) is 38.5 Å². The summed E-state index contributed by atoms with van der Waals surface area (Å²) < 4.78 is 0. The molecular formula is C22H36O2. The van der Waals surface area contributed by atoms with Crippen LogP contribution in [0.15, 0.2) is 11.6 Å². The molecule has 2 nitrogen and oxygen atoms in total. The Kier molecular flexibility index (Phi) is 4.36. The molecule has 0 saturated heterocycles. The van der Waals surface area contributed by atoms with Crippen molar-refractivity contribution < 1.29 is 10.2 Å². The van der Waals surface area contributed by atoms with Crippen LogP contribution >= 0.6 is 0 Å². The van der Waals surface area contributed by atoms with Gasteiger partial charge in [0.2, 0.25) is 0 Å². The van der Waals surface area contributed by atoms with E-state index in [-0.39, 0.29) is 11.8 Å². The first kappa shape index (κ1) is 17.1. The Bertz CT molecular complexity index is 504. The molecule has 0 heterocycles. The average Bonchev–Trinajstić information content (AvgIpc) is 2.78. The molecule has 0 radical (unpaired) electrons. The van der Waals surface area contributed by atoms with Gasteiger partial charge in [0, 0.05) is 0 Å². The minimum atomic E-state index is -0.596. The molecule has 7 atom stereocenters. The maximum Gasteiger partial charge on any atom is 0.0651 e. The molecule has 2 heteroatoms. The van der Waals surface area contributed by atoms with Crippen LogP contribution in [0.5, 0.6) is 0 Å². The largest absolute Gasteiger partial charge is 0.390 e. The van der Waals surface area contributed by atoms with E-state index in [0.717, 1.165) is 43.9 Å². The lowest BCUT2D eigenvalue weighted by Crippen LogP contribution is -2.40. The quantitative estimate of drug-likeness (QED) is 0.674. The fourth-order valence-corrected chi connectivity index (χ4v) is 6.89. The average molecular weight is 333 g/mol. The fourth-order valence-electron chi connectivity index (χ4n) is 6.89. The number of hydrogen-bond donors (Lipinski definition) is 2. The Balaban J connectivity index is 1.60. The molecule has 0 unspecified atom stereocenters. The molecule has 24 heavy (non-hydrogen) atoms. The second kappa shape index (κ2) is 6.13. The molecule has 4 rings (SSSR count). The lowest BCUT2D eigenvalue weighted by atomic mass is 9.65. The monoisotopic (exact) mass is 332 g/mol. The highest BCUT2D eigenvalue weighted by Crippen LogP contribution is 2.55. The zero-order chi connectivity index (χ0) is 16.9. The SMILES string of the molecule is C[C@]1(O)CC[C@H]2[C@@H]1C[C@@H](C1=CCC[C@@H]3CCCC[C@H]13)CC[C@@]2(C)O. The van der Waals surface area contributed by atoms with Crippen molar-refractivity contribution in [1.29, 1.82) is 0 Å². The molecule has 2 N–H and O–H groups in total. The summed E-state index contributed by atoms with van der Waals surface area (Å²) in [6, 6.07) is 0. The van der Waals surface area contributed by atoms with Crippen LogP contribution in [-0.4, -0.2) is 21.4 Å². The Labute approximate surface area is 147 Å². The van der Waals surface area contributed by atoms with E-state index < -0.39 is 11.2 Å². The summed E-state index contributed by atoms with van der Waals surface area (Å²) in [4.78, 5) is 0. The second-order valence-electron chi connectivity index (χ2n) is 9.87. The van der Waals surface area contributed by atoms with Crippen LogP contribution in [0.3, 0.4) is 0 Å². The van der Waals surface area contributed by atoms with E-state index in [0.29, 0.717) is 5.92 Å². The van der Waals surface area contributed by atoms with Gasteiger partial charge in [0.05, 0.1) is 11.2 Å². The molecule has 0 amide bonds. The number of fused-ring (bicyclic) bond motifs is 2. The third-order valence-corrected chi connectivity index (χ3v) is 8.31. The van der Waals surface area contributed by atoms with Gasteiger partial charge in [-0.3, -0.25) is 0 Å². The minimum absolute atomic E-state index is 0.268. The minimum Gasteiger partial charge on any atom is -0.390 e. The molecule has 4 aliphatic rings. The molecule has 4 aliphatic carbocycles. The predicted octanol–water partition coefficient (Wildman–Crippen LogP) is 4.84. The van der Waals surface area contributed by atoms with E-state index >= 15 is 0 Å². The molecule has 0 aromatic carbocycles. The lowest BCUT2D eigenvalue weighted by Gasteiger charge is -2.41. The van der Waals surface area contributed by atoms with Gasteiger partial charge in [-0.1, -0.05) is 24.5 Å². The normalized spacial score (nSPS) is 52.2. The molecule has 136 valence electrons. The summed E-state index contributed by atoms with van der Waals surface area (Å²) in [7, 11) is 0. The van der Waals surface area contributed by atoms with E-state index in [1.807, 2.05) is 13.8 Å². The van der Waals surface area contributed by atoms with Gasteiger partial charge in [0.1, 0.15) is 0 Å². The van der Waals surface area contributed by atoms with Crippen molar-refractivity contribution in [2.45, 2.75) is 95.7 Å². The highest BCUT2D eigenvalue weighted by molar-refractivity contribution is 5.19. The fraction of sp³-hybridized carbons (Fsp3) is 0.909. The zero-order valence-electron chi connectivity index (χ0n) is 15.6. The van der Waals surface area contributed by atoms with E-state index in [2.05, 4.69) is 6.08 Å². The highest BCUT2D eigenvalue weighted by Gasteiger charge is 2.53. The Morgan fingerprint density at radius 3 is 2.42 bits per heavy atom. The Morgan fingerprint density at radius 1 is 0.875 bits per heavy atom. The Hall–Kier alpha value is -0.340. The van der Waals surface area contributed by atoms with Crippen LogP contribution in [0.1, 0.15) is 84.5 Å². The molecule has 0 aliphatic heterocycles. The first-order valence-electron chi connectivity index (χ1n) is 10.5. The van der Waals surface area contributed by atoms with Gasteiger partial charge in [-0.05, 0) is 101 Å². The van der Waals surface area contributed by atoms with Crippen LogP contribution in [0.2, 0.25) is 0 Å². The summed E-state index contributed by atoms with van der Waals surface area (Å²) in [5, 5.41) is 22.0. The molecule has 0 bridgehead atoms. The van der Waals surface area contributed by atoms with Gasteiger partial charge in [-0.15, -0.1) is 0 Å². The number of rotatable bonds is 1. The molecular weight excluding hydrogens is 296 g/mol. The number of aliphatic hydroxyl groups is 2. The van der Waals surface area contributed by atoms with Crippen molar-refractivity contribution >= 4 is 0 Å². The first-order valence-corrected chi connectivity index (χ1v) is 10.5. The molecule has 0 aromatic heterocycles. The molecule has 0 aromatic rings. The number of allylic oxidation sites excluding steroid dienone is 2. The Morgan fingerprint density at radius 2 is 1.58 bits per heavy atom. The summed E-state index contributed by atoms with van der Waals surface area (Å²) in [6.45, 7) is 4.06. The topological polar surface area (TPSA) is 40.5 Å². The summed E-state index contributed by atoms with van der Waals surface area (Å²) in [5.74, 6) is 2.88. The van der Waals surface area contributed by atoms with Crippen LogP contribution in [0.25, 0.3) is 0 Å². The maximum atomic E-state index is 11.1. The predicted molar refractivity (Wildman–Crippen MR) is 97.6 cm³/mol. The van der Waals surface area contributed by atoms with E-state index in [4.69, 9.17) is 0 Å². The van der Waals surface area contributed by atoms with Crippen molar-refractivity contribution in [3.63, 3.8) is 0 Å². The smallest absolute Gasteiger partial charge is 0.0651 e. The van der Waals surface area contributed by atoms with E-state index in [9.17, 15) is 10.2 Å².